The summed E-state index contributed by atoms with van der Waals surface area (Å²) < 4.78 is 26.8. The van der Waals surface area contributed by atoms with Gasteiger partial charge in [-0.15, -0.1) is 0 Å². The highest BCUT2D eigenvalue weighted by Crippen LogP contribution is 2.23. The predicted octanol–water partition coefficient (Wildman–Crippen LogP) is 3.05. The van der Waals surface area contributed by atoms with Crippen molar-refractivity contribution < 1.29 is 8.42 Å². The Morgan fingerprint density at radius 3 is 2.50 bits per heavy atom. The number of anilines is 1. The van der Waals surface area contributed by atoms with Crippen molar-refractivity contribution in [2.75, 3.05) is 5.73 Å². The van der Waals surface area contributed by atoms with Gasteiger partial charge in [0.1, 0.15) is 4.90 Å². The van der Waals surface area contributed by atoms with Crippen LogP contribution in [0.3, 0.4) is 0 Å². The van der Waals surface area contributed by atoms with Crippen LogP contribution in [0.15, 0.2) is 47.4 Å². The highest BCUT2D eigenvalue weighted by atomic mass is 35.5. The van der Waals surface area contributed by atoms with Crippen LogP contribution < -0.4 is 10.5 Å². The van der Waals surface area contributed by atoms with Crippen molar-refractivity contribution >= 4 is 38.9 Å². The van der Waals surface area contributed by atoms with Gasteiger partial charge in [0.25, 0.3) is 0 Å². The molecule has 0 aliphatic heterocycles. The molecule has 0 fully saturated rings. The lowest BCUT2D eigenvalue weighted by molar-refractivity contribution is 0.581. The molecule has 0 saturated heterocycles. The fourth-order valence-corrected chi connectivity index (χ4v) is 3.42. The van der Waals surface area contributed by atoms with Gasteiger partial charge in [-0.05, 0) is 35.9 Å². The van der Waals surface area contributed by atoms with Gasteiger partial charge in [-0.2, -0.15) is 0 Å². The number of halogens is 2. The van der Waals surface area contributed by atoms with E-state index in [1.807, 2.05) is 0 Å². The summed E-state index contributed by atoms with van der Waals surface area (Å²) in [6.07, 6.45) is 0. The van der Waals surface area contributed by atoms with Crippen LogP contribution >= 0.6 is 23.2 Å². The van der Waals surface area contributed by atoms with Crippen LogP contribution in [-0.2, 0) is 16.6 Å². The van der Waals surface area contributed by atoms with Gasteiger partial charge < -0.3 is 5.73 Å². The first kappa shape index (κ1) is 15.1. The average molecular weight is 331 g/mol. The molecule has 7 heteroatoms. The number of hydrogen-bond acceptors (Lipinski definition) is 3. The molecule has 106 valence electrons. The van der Waals surface area contributed by atoms with Crippen molar-refractivity contribution in [1.29, 1.82) is 0 Å². The number of nitrogen functional groups attached to an aromatic ring is 1. The molecule has 0 amide bonds. The van der Waals surface area contributed by atoms with E-state index in [1.54, 1.807) is 24.3 Å². The van der Waals surface area contributed by atoms with Gasteiger partial charge in [-0.3, -0.25) is 0 Å². The zero-order chi connectivity index (χ0) is 14.8. The van der Waals surface area contributed by atoms with E-state index in [0.717, 1.165) is 5.56 Å². The highest BCUT2D eigenvalue weighted by molar-refractivity contribution is 7.89. The lowest BCUT2D eigenvalue weighted by Crippen LogP contribution is -2.23. The van der Waals surface area contributed by atoms with Crippen molar-refractivity contribution in [3.8, 4) is 0 Å². The number of rotatable bonds is 4. The second-order valence-electron chi connectivity index (χ2n) is 4.14. The molecule has 0 atom stereocenters. The minimum Gasteiger partial charge on any atom is -0.399 e. The standard InChI is InChI=1S/C13H12Cl2N2O2S/c14-10-3-1-2-9(6-10)8-17-20(18,19)13-5-4-11(16)7-12(13)15/h1-7,17H,8,16H2. The lowest BCUT2D eigenvalue weighted by atomic mass is 10.2. The van der Waals surface area contributed by atoms with E-state index in [0.29, 0.717) is 10.7 Å². The minimum atomic E-state index is -3.70. The molecular weight excluding hydrogens is 319 g/mol. The van der Waals surface area contributed by atoms with Crippen molar-refractivity contribution in [2.24, 2.45) is 0 Å². The molecule has 3 N–H and O–H groups in total. The Morgan fingerprint density at radius 1 is 1.10 bits per heavy atom. The van der Waals surface area contributed by atoms with Crippen LogP contribution in [0.25, 0.3) is 0 Å². The molecule has 0 spiro atoms. The third-order valence-electron chi connectivity index (χ3n) is 2.60. The first-order valence-corrected chi connectivity index (χ1v) is 7.91. The van der Waals surface area contributed by atoms with Crippen LogP contribution in [0.2, 0.25) is 10.0 Å². The average Bonchev–Trinajstić information content (AvgIpc) is 2.36. The van der Waals surface area contributed by atoms with Crippen LogP contribution in [0, 0.1) is 0 Å². The Hall–Kier alpha value is -1.27. The van der Waals surface area contributed by atoms with Gasteiger partial charge in [-0.25, -0.2) is 13.1 Å². The van der Waals surface area contributed by atoms with E-state index < -0.39 is 10.0 Å². The maximum Gasteiger partial charge on any atom is 0.242 e. The van der Waals surface area contributed by atoms with Crippen molar-refractivity contribution in [3.63, 3.8) is 0 Å². The van der Waals surface area contributed by atoms with Crippen LogP contribution in [0.1, 0.15) is 5.56 Å². The Morgan fingerprint density at radius 2 is 1.85 bits per heavy atom. The van der Waals surface area contributed by atoms with E-state index in [2.05, 4.69) is 4.72 Å². The summed E-state index contributed by atoms with van der Waals surface area (Å²) in [5, 5.41) is 0.635. The van der Waals surface area contributed by atoms with Gasteiger partial charge in [0, 0.05) is 17.3 Å². The summed E-state index contributed by atoms with van der Waals surface area (Å²) in [5.74, 6) is 0. The van der Waals surface area contributed by atoms with Gasteiger partial charge in [-0.1, -0.05) is 35.3 Å². The quantitative estimate of drug-likeness (QED) is 0.846. The third-order valence-corrected chi connectivity index (χ3v) is 4.72. The topological polar surface area (TPSA) is 72.2 Å². The molecule has 2 rings (SSSR count). The smallest absolute Gasteiger partial charge is 0.242 e. The molecule has 2 aromatic carbocycles. The molecule has 0 saturated carbocycles. The first-order valence-electron chi connectivity index (χ1n) is 5.67. The first-order chi connectivity index (χ1) is 9.38. The zero-order valence-electron chi connectivity index (χ0n) is 10.3. The molecule has 0 aliphatic carbocycles. The van der Waals surface area contributed by atoms with E-state index in [9.17, 15) is 8.42 Å². The molecule has 2 aromatic rings. The third kappa shape index (κ3) is 3.64. The van der Waals surface area contributed by atoms with Crippen molar-refractivity contribution in [3.05, 3.63) is 58.1 Å². The lowest BCUT2D eigenvalue weighted by Gasteiger charge is -2.09. The molecule has 4 nitrogen and oxygen atoms in total. The maximum absolute atomic E-state index is 12.2. The van der Waals surface area contributed by atoms with Gasteiger partial charge in [0.2, 0.25) is 10.0 Å². The summed E-state index contributed by atoms with van der Waals surface area (Å²) in [5.41, 5.74) is 6.70. The van der Waals surface area contributed by atoms with Crippen LogP contribution in [0.5, 0.6) is 0 Å². The van der Waals surface area contributed by atoms with E-state index in [-0.39, 0.29) is 16.5 Å². The monoisotopic (exact) mass is 330 g/mol. The Bertz CT molecular complexity index is 733. The summed E-state index contributed by atoms with van der Waals surface area (Å²) in [6.45, 7) is 0.129. The predicted molar refractivity (Wildman–Crippen MR) is 81.3 cm³/mol. The number of benzene rings is 2. The molecule has 20 heavy (non-hydrogen) atoms. The number of hydrogen-bond donors (Lipinski definition) is 2. The van der Waals surface area contributed by atoms with Crippen molar-refractivity contribution in [1.82, 2.24) is 4.72 Å². The minimum absolute atomic E-state index is 0.00426. The Labute approximate surface area is 127 Å². The largest absolute Gasteiger partial charge is 0.399 e. The number of nitrogens with two attached hydrogens (primary N) is 1. The van der Waals surface area contributed by atoms with E-state index in [1.165, 1.54) is 18.2 Å². The second kappa shape index (κ2) is 6.01. The van der Waals surface area contributed by atoms with E-state index >= 15 is 0 Å². The fourth-order valence-electron chi connectivity index (χ4n) is 1.64. The normalized spacial score (nSPS) is 11.5. The molecular formula is C13H12Cl2N2O2S. The zero-order valence-corrected chi connectivity index (χ0v) is 12.6. The Kier molecular flexibility index (Phi) is 4.55. The summed E-state index contributed by atoms with van der Waals surface area (Å²) >= 11 is 11.7. The molecule has 0 radical (unpaired) electrons. The van der Waals surface area contributed by atoms with Crippen LogP contribution in [-0.4, -0.2) is 8.42 Å². The highest BCUT2D eigenvalue weighted by Gasteiger charge is 2.17. The maximum atomic E-state index is 12.2. The molecule has 0 unspecified atom stereocenters. The number of sulfonamides is 1. The SMILES string of the molecule is Nc1ccc(S(=O)(=O)NCc2cccc(Cl)c2)c(Cl)c1. The fraction of sp³-hybridized carbons (Fsp3) is 0.0769. The summed E-state index contributed by atoms with van der Waals surface area (Å²) in [7, 11) is -3.70. The summed E-state index contributed by atoms with van der Waals surface area (Å²) in [6, 6.07) is 11.2. The number of nitrogens with one attached hydrogen (secondary N) is 1. The van der Waals surface area contributed by atoms with Gasteiger partial charge in [0.15, 0.2) is 0 Å². The molecule has 0 aromatic heterocycles. The van der Waals surface area contributed by atoms with Gasteiger partial charge >= 0.3 is 0 Å². The Balaban J connectivity index is 2.19. The molecule has 0 heterocycles. The van der Waals surface area contributed by atoms with Crippen LogP contribution in [0.4, 0.5) is 5.69 Å². The second-order valence-corrected chi connectivity index (χ2v) is 6.72. The molecule has 0 aliphatic rings. The van der Waals surface area contributed by atoms with Crippen molar-refractivity contribution in [2.45, 2.75) is 11.4 Å². The van der Waals surface area contributed by atoms with E-state index in [4.69, 9.17) is 28.9 Å². The summed E-state index contributed by atoms with van der Waals surface area (Å²) in [4.78, 5) is -0.00426. The van der Waals surface area contributed by atoms with Gasteiger partial charge in [0.05, 0.1) is 5.02 Å². The molecule has 0 bridgehead atoms.